The van der Waals surface area contributed by atoms with Gasteiger partial charge in [0.1, 0.15) is 5.84 Å². The summed E-state index contributed by atoms with van der Waals surface area (Å²) in [6.07, 6.45) is 3.26. The second-order valence-corrected chi connectivity index (χ2v) is 2.97. The fourth-order valence-corrected chi connectivity index (χ4v) is 1.47. The molecule has 3 heteroatoms. The Hall–Kier alpha value is -0.730. The van der Waals surface area contributed by atoms with Gasteiger partial charge in [-0.05, 0) is 12.8 Å². The molecule has 0 saturated heterocycles. The fourth-order valence-electron chi connectivity index (χ4n) is 1.47. The number of rotatable bonds is 3. The predicted molar refractivity (Wildman–Crippen MR) is 47.3 cm³/mol. The van der Waals surface area contributed by atoms with E-state index in [1.54, 1.807) is 0 Å². The average molecular weight is 155 g/mol. The van der Waals surface area contributed by atoms with Crippen molar-refractivity contribution < 1.29 is 0 Å². The van der Waals surface area contributed by atoms with Gasteiger partial charge < -0.3 is 5.73 Å². The molecule has 0 aromatic carbocycles. The van der Waals surface area contributed by atoms with Crippen molar-refractivity contribution in [3.63, 3.8) is 0 Å². The van der Waals surface area contributed by atoms with Gasteiger partial charge in [0.15, 0.2) is 0 Å². The Morgan fingerprint density at radius 3 is 2.55 bits per heavy atom. The number of amidine groups is 1. The van der Waals surface area contributed by atoms with Crippen LogP contribution in [0.5, 0.6) is 0 Å². The minimum Gasteiger partial charge on any atom is -0.386 e. The highest BCUT2D eigenvalue weighted by Crippen LogP contribution is 2.13. The Labute approximate surface area is 68.3 Å². The van der Waals surface area contributed by atoms with Crippen molar-refractivity contribution in [2.45, 2.75) is 39.2 Å². The molecule has 1 heterocycles. The minimum atomic E-state index is 0.594. The van der Waals surface area contributed by atoms with Gasteiger partial charge in [-0.2, -0.15) is 5.10 Å². The van der Waals surface area contributed by atoms with E-state index in [2.05, 4.69) is 24.0 Å². The van der Waals surface area contributed by atoms with Crippen LogP contribution < -0.4 is 5.73 Å². The van der Waals surface area contributed by atoms with E-state index in [9.17, 15) is 0 Å². The summed E-state index contributed by atoms with van der Waals surface area (Å²) >= 11 is 0. The summed E-state index contributed by atoms with van der Waals surface area (Å²) in [6, 6.07) is 0.594. The summed E-state index contributed by atoms with van der Waals surface area (Å²) in [7, 11) is 0. The van der Waals surface area contributed by atoms with Crippen molar-refractivity contribution in [1.29, 1.82) is 0 Å². The first-order valence-corrected chi connectivity index (χ1v) is 4.37. The van der Waals surface area contributed by atoms with Gasteiger partial charge in [0.25, 0.3) is 0 Å². The van der Waals surface area contributed by atoms with Crippen LogP contribution in [0.25, 0.3) is 0 Å². The van der Waals surface area contributed by atoms with Crippen LogP contribution in [0.3, 0.4) is 0 Å². The maximum atomic E-state index is 5.58. The molecule has 64 valence electrons. The maximum Gasteiger partial charge on any atom is 0.121 e. The Balaban J connectivity index is 2.47. The van der Waals surface area contributed by atoms with Gasteiger partial charge in [0.05, 0.1) is 0 Å². The first-order valence-electron chi connectivity index (χ1n) is 4.37. The van der Waals surface area contributed by atoms with Crippen LogP contribution in [-0.4, -0.2) is 23.4 Å². The van der Waals surface area contributed by atoms with Gasteiger partial charge in [-0.15, -0.1) is 0 Å². The molecular weight excluding hydrogens is 138 g/mol. The third kappa shape index (κ3) is 1.85. The molecule has 0 aromatic rings. The average Bonchev–Trinajstić information content (AvgIpc) is 2.39. The smallest absolute Gasteiger partial charge is 0.121 e. The van der Waals surface area contributed by atoms with E-state index in [1.165, 1.54) is 0 Å². The Bertz CT molecular complexity index is 149. The quantitative estimate of drug-likeness (QED) is 0.664. The second-order valence-electron chi connectivity index (χ2n) is 2.97. The highest BCUT2D eigenvalue weighted by atomic mass is 15.5. The lowest BCUT2D eigenvalue weighted by molar-refractivity contribution is 0.214. The van der Waals surface area contributed by atoms with Gasteiger partial charge in [-0.3, -0.25) is 5.01 Å². The predicted octanol–water partition coefficient (Wildman–Crippen LogP) is 1.15. The van der Waals surface area contributed by atoms with Crippen molar-refractivity contribution in [1.82, 2.24) is 5.01 Å². The number of hydrogen-bond acceptors (Lipinski definition) is 3. The molecule has 0 unspecified atom stereocenters. The lowest BCUT2D eigenvalue weighted by atomic mass is 10.1. The van der Waals surface area contributed by atoms with Gasteiger partial charge in [-0.25, -0.2) is 0 Å². The molecule has 2 N–H and O–H groups in total. The van der Waals surface area contributed by atoms with E-state index >= 15 is 0 Å². The van der Waals surface area contributed by atoms with E-state index in [0.29, 0.717) is 6.04 Å². The zero-order chi connectivity index (χ0) is 8.27. The summed E-state index contributed by atoms with van der Waals surface area (Å²) in [6.45, 7) is 5.40. The summed E-state index contributed by atoms with van der Waals surface area (Å²) in [5.41, 5.74) is 5.58. The molecule has 3 nitrogen and oxygen atoms in total. The molecule has 0 fully saturated rings. The molecule has 1 aliphatic heterocycles. The molecule has 1 rings (SSSR count). The Morgan fingerprint density at radius 1 is 1.55 bits per heavy atom. The summed E-state index contributed by atoms with van der Waals surface area (Å²) in [4.78, 5) is 0. The van der Waals surface area contributed by atoms with Crippen LogP contribution in [0.15, 0.2) is 5.10 Å². The normalized spacial score (nSPS) is 17.7. The van der Waals surface area contributed by atoms with Gasteiger partial charge in [0, 0.05) is 19.0 Å². The van der Waals surface area contributed by atoms with E-state index < -0.39 is 0 Å². The monoisotopic (exact) mass is 155 g/mol. The molecule has 0 bridgehead atoms. The third-order valence-electron chi connectivity index (χ3n) is 2.22. The molecule has 0 saturated carbocycles. The molecule has 0 aliphatic carbocycles. The van der Waals surface area contributed by atoms with Gasteiger partial charge in [0.2, 0.25) is 0 Å². The van der Waals surface area contributed by atoms with Crippen LogP contribution in [0.2, 0.25) is 0 Å². The minimum absolute atomic E-state index is 0.594. The van der Waals surface area contributed by atoms with Crippen molar-refractivity contribution in [2.24, 2.45) is 10.8 Å². The lowest BCUT2D eigenvalue weighted by Crippen LogP contribution is -2.27. The first-order chi connectivity index (χ1) is 5.27. The maximum absolute atomic E-state index is 5.58. The summed E-state index contributed by atoms with van der Waals surface area (Å²) < 4.78 is 0. The Kier molecular flexibility index (Phi) is 2.74. The highest BCUT2D eigenvalue weighted by Gasteiger charge is 2.17. The molecule has 0 atom stereocenters. The topological polar surface area (TPSA) is 41.6 Å². The standard InChI is InChI=1S/C8H17N3/c1-3-7(4-2)11-6-5-8(9)10-11/h7H,3-6H2,1-2H3,(H2,9,10). The van der Waals surface area contributed by atoms with Crippen molar-refractivity contribution >= 4 is 5.84 Å². The molecule has 0 aromatic heterocycles. The molecular formula is C8H17N3. The van der Waals surface area contributed by atoms with Crippen LogP contribution in [0, 0.1) is 0 Å². The lowest BCUT2D eigenvalue weighted by Gasteiger charge is -2.23. The van der Waals surface area contributed by atoms with E-state index in [4.69, 9.17) is 5.73 Å². The molecule has 0 amide bonds. The van der Waals surface area contributed by atoms with Gasteiger partial charge in [-0.1, -0.05) is 13.8 Å². The number of nitrogens with zero attached hydrogens (tertiary/aromatic N) is 2. The van der Waals surface area contributed by atoms with Crippen LogP contribution >= 0.6 is 0 Å². The van der Waals surface area contributed by atoms with Gasteiger partial charge >= 0.3 is 0 Å². The zero-order valence-corrected chi connectivity index (χ0v) is 7.38. The molecule has 0 radical (unpaired) electrons. The van der Waals surface area contributed by atoms with Crippen LogP contribution in [0.4, 0.5) is 0 Å². The number of nitrogens with two attached hydrogens (primary N) is 1. The van der Waals surface area contributed by atoms with Crippen LogP contribution in [0.1, 0.15) is 33.1 Å². The largest absolute Gasteiger partial charge is 0.386 e. The van der Waals surface area contributed by atoms with E-state index in [-0.39, 0.29) is 0 Å². The van der Waals surface area contributed by atoms with Crippen molar-refractivity contribution in [2.75, 3.05) is 6.54 Å². The summed E-state index contributed by atoms with van der Waals surface area (Å²) in [5, 5.41) is 6.38. The third-order valence-corrected chi connectivity index (χ3v) is 2.22. The highest BCUT2D eigenvalue weighted by molar-refractivity contribution is 5.81. The number of hydrogen-bond donors (Lipinski definition) is 1. The van der Waals surface area contributed by atoms with Crippen molar-refractivity contribution in [3.8, 4) is 0 Å². The zero-order valence-electron chi connectivity index (χ0n) is 7.38. The van der Waals surface area contributed by atoms with E-state index in [1.807, 2.05) is 0 Å². The first kappa shape index (κ1) is 8.37. The summed E-state index contributed by atoms with van der Waals surface area (Å²) in [5.74, 6) is 0.789. The fraction of sp³-hybridized carbons (Fsp3) is 0.875. The second kappa shape index (κ2) is 3.60. The molecule has 11 heavy (non-hydrogen) atoms. The molecule has 1 aliphatic rings. The van der Waals surface area contributed by atoms with E-state index in [0.717, 1.165) is 31.6 Å². The number of hydrazone groups is 1. The van der Waals surface area contributed by atoms with Crippen molar-refractivity contribution in [3.05, 3.63) is 0 Å². The Morgan fingerprint density at radius 2 is 2.18 bits per heavy atom. The SMILES string of the molecule is CCC(CC)N1CCC(N)=N1. The molecule has 0 spiro atoms. The van der Waals surface area contributed by atoms with Crippen LogP contribution in [-0.2, 0) is 0 Å².